The fourth-order valence-electron chi connectivity index (χ4n) is 3.75. The van der Waals surface area contributed by atoms with Gasteiger partial charge >= 0.3 is 12.0 Å². The van der Waals surface area contributed by atoms with E-state index in [0.717, 1.165) is 4.90 Å². The second-order valence-corrected chi connectivity index (χ2v) is 9.97. The number of imide groups is 2. The van der Waals surface area contributed by atoms with Crippen LogP contribution in [0.1, 0.15) is 15.9 Å². The minimum Gasteiger partial charge on any atom is -0.493 e. The van der Waals surface area contributed by atoms with Gasteiger partial charge in [0, 0.05) is 10.7 Å². The number of carbonyl (C=O) groups excluding carboxylic acids is 5. The van der Waals surface area contributed by atoms with E-state index >= 15 is 0 Å². The Hall–Kier alpha value is -4.43. The fraction of sp³-hybridized carbons (Fsp3) is 0.107. The molecule has 210 valence electrons. The van der Waals surface area contributed by atoms with Gasteiger partial charge in [-0.05, 0) is 94.9 Å². The number of esters is 1. The number of barbiturate groups is 1. The lowest BCUT2D eigenvalue weighted by Gasteiger charge is -2.26. The van der Waals surface area contributed by atoms with E-state index in [4.69, 9.17) is 21.1 Å². The highest BCUT2D eigenvalue weighted by Gasteiger charge is 2.37. The standard InChI is InChI=1S/C28H21ClIN3O8/c1-39-22-13-15(12-21(30)24(22)41-14-23(34)31-18-7-5-17(29)6-8-18)11-20-25(35)32-28(38)33(26(20)36)19-9-3-16(4-10-19)27(37)40-2/h3-13H,14H2,1-2H3,(H,31,34)(H,32,35,38)/b20-11+. The third-order valence-corrected chi connectivity index (χ3v) is 6.74. The van der Waals surface area contributed by atoms with Crippen molar-refractivity contribution < 1.29 is 38.2 Å². The molecule has 13 heteroatoms. The van der Waals surface area contributed by atoms with Gasteiger partial charge in [0.25, 0.3) is 17.7 Å². The number of methoxy groups -OCH3 is 2. The van der Waals surface area contributed by atoms with Gasteiger partial charge in [-0.25, -0.2) is 14.5 Å². The van der Waals surface area contributed by atoms with Crippen LogP contribution in [-0.2, 0) is 19.1 Å². The smallest absolute Gasteiger partial charge is 0.337 e. The molecule has 41 heavy (non-hydrogen) atoms. The summed E-state index contributed by atoms with van der Waals surface area (Å²) >= 11 is 7.84. The molecule has 0 saturated carbocycles. The van der Waals surface area contributed by atoms with E-state index in [1.54, 1.807) is 30.3 Å². The summed E-state index contributed by atoms with van der Waals surface area (Å²) in [6.07, 6.45) is 1.31. The van der Waals surface area contributed by atoms with Gasteiger partial charge in [-0.15, -0.1) is 0 Å². The summed E-state index contributed by atoms with van der Waals surface area (Å²) < 4.78 is 16.3. The predicted octanol–water partition coefficient (Wildman–Crippen LogP) is 4.42. The number of anilines is 2. The van der Waals surface area contributed by atoms with Gasteiger partial charge < -0.3 is 19.5 Å². The highest BCUT2D eigenvalue weighted by Crippen LogP contribution is 2.35. The van der Waals surface area contributed by atoms with Gasteiger partial charge in [-0.3, -0.25) is 19.7 Å². The Kier molecular flexibility index (Phi) is 9.24. The summed E-state index contributed by atoms with van der Waals surface area (Å²) in [5.74, 6) is -2.21. The van der Waals surface area contributed by atoms with E-state index in [9.17, 15) is 24.0 Å². The lowest BCUT2D eigenvalue weighted by atomic mass is 10.1. The van der Waals surface area contributed by atoms with Gasteiger partial charge in [0.15, 0.2) is 18.1 Å². The Bertz CT molecular complexity index is 1570. The van der Waals surface area contributed by atoms with Crippen molar-refractivity contribution in [3.8, 4) is 11.5 Å². The van der Waals surface area contributed by atoms with Gasteiger partial charge in [0.2, 0.25) is 0 Å². The van der Waals surface area contributed by atoms with Crippen molar-refractivity contribution in [2.75, 3.05) is 31.0 Å². The molecule has 3 aromatic carbocycles. The van der Waals surface area contributed by atoms with Crippen LogP contribution in [0.4, 0.5) is 16.2 Å². The van der Waals surface area contributed by atoms with Crippen LogP contribution in [0.15, 0.2) is 66.2 Å². The van der Waals surface area contributed by atoms with E-state index in [0.29, 0.717) is 19.8 Å². The molecule has 0 bridgehead atoms. The van der Waals surface area contributed by atoms with E-state index in [1.165, 1.54) is 50.6 Å². The van der Waals surface area contributed by atoms with E-state index in [2.05, 4.69) is 15.4 Å². The summed E-state index contributed by atoms with van der Waals surface area (Å²) in [4.78, 5) is 63.3. The van der Waals surface area contributed by atoms with Gasteiger partial charge in [0.1, 0.15) is 5.57 Å². The molecule has 5 amide bonds. The van der Waals surface area contributed by atoms with Crippen LogP contribution in [0.2, 0.25) is 5.02 Å². The molecule has 0 spiro atoms. The summed E-state index contributed by atoms with van der Waals surface area (Å²) in [6.45, 7) is -0.317. The zero-order valence-corrected chi connectivity index (χ0v) is 24.4. The van der Waals surface area contributed by atoms with Crippen molar-refractivity contribution in [2.24, 2.45) is 0 Å². The van der Waals surface area contributed by atoms with Crippen molar-refractivity contribution in [1.82, 2.24) is 5.32 Å². The fourth-order valence-corrected chi connectivity index (χ4v) is 4.66. The van der Waals surface area contributed by atoms with Crippen LogP contribution in [0.3, 0.4) is 0 Å². The maximum absolute atomic E-state index is 13.3. The number of hydrogen-bond donors (Lipinski definition) is 2. The van der Waals surface area contributed by atoms with Crippen LogP contribution in [-0.4, -0.2) is 50.5 Å². The molecule has 0 unspecified atom stereocenters. The zero-order valence-electron chi connectivity index (χ0n) is 21.5. The van der Waals surface area contributed by atoms with Crippen LogP contribution < -0.4 is 25.0 Å². The average molecular weight is 690 g/mol. The van der Waals surface area contributed by atoms with Crippen LogP contribution in [0, 0.1) is 3.57 Å². The number of ether oxygens (including phenoxy) is 3. The lowest BCUT2D eigenvalue weighted by molar-refractivity contribution is -0.122. The monoisotopic (exact) mass is 689 g/mol. The van der Waals surface area contributed by atoms with Crippen molar-refractivity contribution in [3.63, 3.8) is 0 Å². The van der Waals surface area contributed by atoms with Gasteiger partial charge in [0.05, 0.1) is 29.0 Å². The van der Waals surface area contributed by atoms with Crippen LogP contribution >= 0.6 is 34.2 Å². The molecule has 1 fully saturated rings. The Morgan fingerprint density at radius 2 is 1.71 bits per heavy atom. The first-order valence-corrected chi connectivity index (χ1v) is 13.2. The normalized spacial score (nSPS) is 14.0. The average Bonchev–Trinajstić information content (AvgIpc) is 2.95. The minimum absolute atomic E-state index is 0.145. The third kappa shape index (κ3) is 6.84. The maximum atomic E-state index is 13.3. The largest absolute Gasteiger partial charge is 0.493 e. The Balaban J connectivity index is 1.54. The molecule has 11 nitrogen and oxygen atoms in total. The Labute approximate surface area is 252 Å². The Morgan fingerprint density at radius 3 is 2.34 bits per heavy atom. The van der Waals surface area contributed by atoms with Crippen molar-refractivity contribution in [3.05, 3.63) is 86.0 Å². The number of rotatable bonds is 8. The van der Waals surface area contributed by atoms with Gasteiger partial charge in [-0.1, -0.05) is 11.6 Å². The first kappa shape index (κ1) is 29.6. The number of benzene rings is 3. The SMILES string of the molecule is COC(=O)c1ccc(N2C(=O)NC(=O)/C(=C\c3cc(I)c(OCC(=O)Nc4ccc(Cl)cc4)c(OC)c3)C2=O)cc1. The molecule has 4 rings (SSSR count). The number of nitrogens with one attached hydrogen (secondary N) is 2. The quantitative estimate of drug-likeness (QED) is 0.153. The van der Waals surface area contributed by atoms with E-state index < -0.39 is 29.7 Å². The molecular formula is C28H21ClIN3O8. The first-order valence-electron chi connectivity index (χ1n) is 11.8. The second-order valence-electron chi connectivity index (χ2n) is 8.37. The highest BCUT2D eigenvalue weighted by atomic mass is 127. The van der Waals surface area contributed by atoms with Crippen LogP contribution in [0.25, 0.3) is 6.08 Å². The number of nitrogens with zero attached hydrogens (tertiary/aromatic N) is 1. The van der Waals surface area contributed by atoms with E-state index in [1.807, 2.05) is 22.6 Å². The lowest BCUT2D eigenvalue weighted by Crippen LogP contribution is -2.54. The number of urea groups is 1. The van der Waals surface area contributed by atoms with Crippen LogP contribution in [0.5, 0.6) is 11.5 Å². The minimum atomic E-state index is -0.934. The highest BCUT2D eigenvalue weighted by molar-refractivity contribution is 14.1. The van der Waals surface area contributed by atoms with Crippen molar-refractivity contribution in [1.29, 1.82) is 0 Å². The van der Waals surface area contributed by atoms with E-state index in [-0.39, 0.29) is 34.9 Å². The molecule has 0 atom stereocenters. The summed E-state index contributed by atoms with van der Waals surface area (Å²) in [5, 5.41) is 5.37. The topological polar surface area (TPSA) is 140 Å². The van der Waals surface area contributed by atoms with Crippen molar-refractivity contribution >= 4 is 81.4 Å². The maximum Gasteiger partial charge on any atom is 0.337 e. The summed E-state index contributed by atoms with van der Waals surface area (Å²) in [6, 6.07) is 14.4. The summed E-state index contributed by atoms with van der Waals surface area (Å²) in [7, 11) is 2.63. The molecule has 3 aromatic rings. The third-order valence-electron chi connectivity index (χ3n) is 5.69. The molecule has 1 saturated heterocycles. The number of amides is 5. The summed E-state index contributed by atoms with van der Waals surface area (Å²) in [5.41, 5.74) is 1.01. The molecular weight excluding hydrogens is 669 g/mol. The Morgan fingerprint density at radius 1 is 1.02 bits per heavy atom. The first-order chi connectivity index (χ1) is 19.6. The van der Waals surface area contributed by atoms with Crippen molar-refractivity contribution in [2.45, 2.75) is 0 Å². The molecule has 0 radical (unpaired) electrons. The molecule has 1 heterocycles. The molecule has 1 aliphatic heterocycles. The number of carbonyl (C=O) groups is 5. The molecule has 2 N–H and O–H groups in total. The zero-order chi connectivity index (χ0) is 29.7. The second kappa shape index (κ2) is 12.8. The predicted molar refractivity (Wildman–Crippen MR) is 158 cm³/mol. The van der Waals surface area contributed by atoms with Gasteiger partial charge in [-0.2, -0.15) is 0 Å². The molecule has 1 aliphatic rings. The molecule has 0 aromatic heterocycles. The molecule has 0 aliphatic carbocycles. The number of hydrogen-bond acceptors (Lipinski definition) is 8. The number of halogens is 2.